The summed E-state index contributed by atoms with van der Waals surface area (Å²) in [5, 5.41) is 0. The SMILES string of the molecule is Cc1ccc(S(=O)(=O)/N=C(\C=C2CCCCC2)N2[C@H](C)CCC[C@@H]2C)cc1. The van der Waals surface area contributed by atoms with Gasteiger partial charge in [0.2, 0.25) is 0 Å². The van der Waals surface area contributed by atoms with E-state index in [1.807, 2.05) is 19.1 Å². The summed E-state index contributed by atoms with van der Waals surface area (Å²) < 4.78 is 30.4. The third-order valence-corrected chi connectivity index (χ3v) is 7.11. The van der Waals surface area contributed by atoms with E-state index in [1.54, 1.807) is 12.1 Å². The van der Waals surface area contributed by atoms with E-state index < -0.39 is 10.0 Å². The van der Waals surface area contributed by atoms with Crippen molar-refractivity contribution in [1.82, 2.24) is 4.90 Å². The van der Waals surface area contributed by atoms with Crippen molar-refractivity contribution in [3.63, 3.8) is 0 Å². The normalized spacial score (nSPS) is 24.8. The number of likely N-dealkylation sites (tertiary alicyclic amines) is 1. The lowest BCUT2D eigenvalue weighted by Gasteiger charge is -2.40. The molecule has 27 heavy (non-hydrogen) atoms. The minimum atomic E-state index is -3.72. The summed E-state index contributed by atoms with van der Waals surface area (Å²) in [5.41, 5.74) is 2.38. The summed E-state index contributed by atoms with van der Waals surface area (Å²) in [6, 6.07) is 7.58. The van der Waals surface area contributed by atoms with Gasteiger partial charge in [-0.25, -0.2) is 0 Å². The first-order valence-electron chi connectivity index (χ1n) is 10.3. The van der Waals surface area contributed by atoms with Crippen molar-refractivity contribution in [3.05, 3.63) is 41.5 Å². The zero-order chi connectivity index (χ0) is 19.4. The Morgan fingerprint density at radius 2 is 1.59 bits per heavy atom. The Hall–Kier alpha value is -1.62. The van der Waals surface area contributed by atoms with Gasteiger partial charge in [0.15, 0.2) is 0 Å². The lowest BCUT2D eigenvalue weighted by molar-refractivity contribution is 0.193. The molecule has 2 fully saturated rings. The predicted molar refractivity (Wildman–Crippen MR) is 112 cm³/mol. The van der Waals surface area contributed by atoms with Crippen LogP contribution in [0.3, 0.4) is 0 Å². The quantitative estimate of drug-likeness (QED) is 0.526. The molecule has 1 aliphatic carbocycles. The minimum absolute atomic E-state index is 0.268. The molecule has 2 atom stereocenters. The van der Waals surface area contributed by atoms with E-state index in [0.29, 0.717) is 17.9 Å². The van der Waals surface area contributed by atoms with Crippen molar-refractivity contribution in [1.29, 1.82) is 0 Å². The number of nitrogens with zero attached hydrogens (tertiary/aromatic N) is 2. The molecule has 4 nitrogen and oxygen atoms in total. The Kier molecular flexibility index (Phi) is 6.40. The molecule has 1 aliphatic heterocycles. The minimum Gasteiger partial charge on any atom is -0.351 e. The molecule has 2 aliphatic rings. The van der Waals surface area contributed by atoms with Gasteiger partial charge in [0.25, 0.3) is 10.0 Å². The zero-order valence-electron chi connectivity index (χ0n) is 16.8. The maximum Gasteiger partial charge on any atom is 0.284 e. The Labute approximate surface area is 164 Å². The standard InChI is InChI=1S/C22H32N2O2S/c1-17-12-14-21(15-13-17)27(25,26)23-22(16-20-10-5-4-6-11-20)24-18(2)8-7-9-19(24)3/h12-16,18-19H,4-11H2,1-3H3/b23-22+/t18-,19+. The molecule has 5 heteroatoms. The number of benzene rings is 1. The second-order valence-electron chi connectivity index (χ2n) is 8.14. The van der Waals surface area contributed by atoms with Gasteiger partial charge in [-0.3, -0.25) is 0 Å². The van der Waals surface area contributed by atoms with Gasteiger partial charge in [-0.2, -0.15) is 8.42 Å². The molecular weight excluding hydrogens is 356 g/mol. The third kappa shape index (κ3) is 5.01. The molecule has 1 aromatic rings. The molecule has 1 saturated heterocycles. The highest BCUT2D eigenvalue weighted by molar-refractivity contribution is 7.90. The lowest BCUT2D eigenvalue weighted by atomic mass is 9.93. The predicted octanol–water partition coefficient (Wildman–Crippen LogP) is 5.24. The van der Waals surface area contributed by atoms with E-state index in [1.165, 1.54) is 31.3 Å². The zero-order valence-corrected chi connectivity index (χ0v) is 17.6. The van der Waals surface area contributed by atoms with E-state index in [2.05, 4.69) is 29.2 Å². The molecule has 3 rings (SSSR count). The van der Waals surface area contributed by atoms with Crippen molar-refractivity contribution < 1.29 is 8.42 Å². The van der Waals surface area contributed by atoms with E-state index in [-0.39, 0.29) is 4.90 Å². The molecule has 0 N–H and O–H groups in total. The van der Waals surface area contributed by atoms with Gasteiger partial charge >= 0.3 is 0 Å². The maximum absolute atomic E-state index is 13.0. The van der Waals surface area contributed by atoms with E-state index in [0.717, 1.165) is 31.2 Å². The number of amidine groups is 1. The van der Waals surface area contributed by atoms with Crippen LogP contribution in [0, 0.1) is 6.92 Å². The first-order valence-corrected chi connectivity index (χ1v) is 11.7. The van der Waals surface area contributed by atoms with E-state index in [9.17, 15) is 8.42 Å². The Balaban J connectivity index is 2.02. The van der Waals surface area contributed by atoms with Gasteiger partial charge in [-0.15, -0.1) is 4.40 Å². The maximum atomic E-state index is 13.0. The van der Waals surface area contributed by atoms with E-state index >= 15 is 0 Å². The fourth-order valence-corrected chi connectivity index (χ4v) is 5.22. The third-order valence-electron chi connectivity index (χ3n) is 5.82. The molecule has 1 saturated carbocycles. The number of hydrogen-bond donors (Lipinski definition) is 0. The number of sulfonamides is 1. The van der Waals surface area contributed by atoms with Gasteiger partial charge in [0, 0.05) is 12.1 Å². The molecule has 0 aromatic heterocycles. The summed E-state index contributed by atoms with van der Waals surface area (Å²) in [4.78, 5) is 2.50. The molecule has 0 radical (unpaired) electrons. The molecule has 1 aromatic carbocycles. The van der Waals surface area contributed by atoms with Gasteiger partial charge in [0.05, 0.1) is 4.90 Å². The van der Waals surface area contributed by atoms with Crippen molar-refractivity contribution in [2.24, 2.45) is 4.40 Å². The van der Waals surface area contributed by atoms with Crippen molar-refractivity contribution in [2.75, 3.05) is 0 Å². The largest absolute Gasteiger partial charge is 0.351 e. The molecular formula is C22H32N2O2S. The van der Waals surface area contributed by atoms with Crippen LogP contribution in [0.2, 0.25) is 0 Å². The summed E-state index contributed by atoms with van der Waals surface area (Å²) >= 11 is 0. The molecule has 1 heterocycles. The van der Waals surface area contributed by atoms with Crippen LogP contribution in [0.5, 0.6) is 0 Å². The van der Waals surface area contributed by atoms with Gasteiger partial charge in [-0.1, -0.05) is 29.7 Å². The second kappa shape index (κ2) is 8.59. The van der Waals surface area contributed by atoms with Crippen LogP contribution in [-0.2, 0) is 10.0 Å². The van der Waals surface area contributed by atoms with Gasteiger partial charge in [0.1, 0.15) is 5.84 Å². The average molecular weight is 389 g/mol. The number of aryl methyl sites for hydroxylation is 1. The Morgan fingerprint density at radius 1 is 1.00 bits per heavy atom. The highest BCUT2D eigenvalue weighted by atomic mass is 32.2. The number of piperidine rings is 1. The second-order valence-corrected chi connectivity index (χ2v) is 9.74. The fourth-order valence-electron chi connectivity index (χ4n) is 4.24. The van der Waals surface area contributed by atoms with Gasteiger partial charge < -0.3 is 4.90 Å². The molecule has 0 amide bonds. The fraction of sp³-hybridized carbons (Fsp3) is 0.591. The smallest absolute Gasteiger partial charge is 0.284 e. The Morgan fingerprint density at radius 3 is 2.19 bits per heavy atom. The number of rotatable bonds is 3. The van der Waals surface area contributed by atoms with Crippen LogP contribution in [0.15, 0.2) is 45.2 Å². The van der Waals surface area contributed by atoms with Crippen LogP contribution < -0.4 is 0 Å². The monoisotopic (exact) mass is 388 g/mol. The van der Waals surface area contributed by atoms with Crippen LogP contribution in [0.1, 0.15) is 70.8 Å². The topological polar surface area (TPSA) is 49.7 Å². The first kappa shape index (κ1) is 20.1. The number of hydrogen-bond acceptors (Lipinski definition) is 2. The van der Waals surface area contributed by atoms with Crippen molar-refractivity contribution >= 4 is 15.9 Å². The average Bonchev–Trinajstić information content (AvgIpc) is 2.62. The van der Waals surface area contributed by atoms with Crippen LogP contribution in [-0.4, -0.2) is 31.2 Å². The van der Waals surface area contributed by atoms with Crippen LogP contribution in [0.25, 0.3) is 0 Å². The van der Waals surface area contributed by atoms with Crippen molar-refractivity contribution in [2.45, 2.75) is 89.1 Å². The molecule has 0 unspecified atom stereocenters. The Bertz CT molecular complexity index is 791. The molecule has 0 bridgehead atoms. The van der Waals surface area contributed by atoms with Crippen molar-refractivity contribution in [3.8, 4) is 0 Å². The molecule has 148 valence electrons. The lowest BCUT2D eigenvalue weighted by Crippen LogP contribution is -2.47. The highest BCUT2D eigenvalue weighted by Gasteiger charge is 2.28. The van der Waals surface area contributed by atoms with Crippen LogP contribution >= 0.6 is 0 Å². The molecule has 0 spiro atoms. The summed E-state index contributed by atoms with van der Waals surface area (Å²) in [6.45, 7) is 6.32. The highest BCUT2D eigenvalue weighted by Crippen LogP contribution is 2.28. The number of allylic oxidation sites excluding steroid dienone is 1. The summed E-state index contributed by atoms with van der Waals surface area (Å²) in [6.07, 6.45) is 11.2. The van der Waals surface area contributed by atoms with Crippen LogP contribution in [0.4, 0.5) is 0 Å². The first-order chi connectivity index (χ1) is 12.9. The summed E-state index contributed by atoms with van der Waals surface area (Å²) in [7, 11) is -3.72. The van der Waals surface area contributed by atoms with E-state index in [4.69, 9.17) is 0 Å². The van der Waals surface area contributed by atoms with Gasteiger partial charge in [-0.05, 0) is 83.9 Å². The summed E-state index contributed by atoms with van der Waals surface area (Å²) in [5.74, 6) is 0.632.